The maximum absolute atomic E-state index is 11.4. The summed E-state index contributed by atoms with van der Waals surface area (Å²) in [5, 5.41) is 2.81. The first-order chi connectivity index (χ1) is 9.04. The van der Waals surface area contributed by atoms with Crippen molar-refractivity contribution in [1.29, 1.82) is 0 Å². The van der Waals surface area contributed by atoms with Gasteiger partial charge in [0.1, 0.15) is 0 Å². The van der Waals surface area contributed by atoms with Crippen molar-refractivity contribution >= 4 is 18.3 Å². The smallest absolute Gasteiger partial charge is 0.222 e. The molecule has 1 atom stereocenters. The molecular formula is C15H25ClN2O2. The molecule has 0 heterocycles. The highest BCUT2D eigenvalue weighted by atomic mass is 35.5. The van der Waals surface area contributed by atoms with E-state index in [0.717, 1.165) is 5.56 Å². The van der Waals surface area contributed by atoms with Gasteiger partial charge in [0.05, 0.1) is 6.61 Å². The maximum atomic E-state index is 11.4. The Labute approximate surface area is 127 Å². The second kappa shape index (κ2) is 9.75. The van der Waals surface area contributed by atoms with E-state index in [9.17, 15) is 4.79 Å². The van der Waals surface area contributed by atoms with Crippen LogP contribution in [-0.4, -0.2) is 26.2 Å². The van der Waals surface area contributed by atoms with Crippen LogP contribution in [0, 0.1) is 0 Å². The van der Waals surface area contributed by atoms with Crippen LogP contribution in [0.4, 0.5) is 0 Å². The molecule has 1 aromatic rings. The molecule has 20 heavy (non-hydrogen) atoms. The van der Waals surface area contributed by atoms with E-state index in [0.29, 0.717) is 25.5 Å². The Morgan fingerprint density at radius 1 is 1.25 bits per heavy atom. The number of rotatable bonds is 7. The van der Waals surface area contributed by atoms with Gasteiger partial charge >= 0.3 is 0 Å². The Morgan fingerprint density at radius 2 is 1.80 bits per heavy atom. The minimum Gasteiger partial charge on any atom is -0.384 e. The van der Waals surface area contributed by atoms with E-state index in [1.165, 1.54) is 5.56 Å². The first-order valence-electron chi connectivity index (χ1n) is 6.65. The minimum atomic E-state index is -0.173. The fraction of sp³-hybridized carbons (Fsp3) is 0.533. The second-order valence-electron chi connectivity index (χ2n) is 4.97. The maximum Gasteiger partial charge on any atom is 0.222 e. The van der Waals surface area contributed by atoms with E-state index in [2.05, 4.69) is 31.3 Å². The molecule has 5 heteroatoms. The van der Waals surface area contributed by atoms with Crippen LogP contribution in [0.3, 0.4) is 0 Å². The van der Waals surface area contributed by atoms with Crippen molar-refractivity contribution in [2.24, 2.45) is 5.73 Å². The van der Waals surface area contributed by atoms with E-state index in [-0.39, 0.29) is 24.4 Å². The van der Waals surface area contributed by atoms with Crippen molar-refractivity contribution in [2.45, 2.75) is 32.2 Å². The first kappa shape index (κ1) is 18.9. The lowest BCUT2D eigenvalue weighted by atomic mass is 9.99. The summed E-state index contributed by atoms with van der Waals surface area (Å²) in [7, 11) is 1.58. The molecule has 1 amide bonds. The van der Waals surface area contributed by atoms with Crippen LogP contribution < -0.4 is 11.1 Å². The topological polar surface area (TPSA) is 64.3 Å². The van der Waals surface area contributed by atoms with E-state index in [1.54, 1.807) is 7.11 Å². The second-order valence-corrected chi connectivity index (χ2v) is 4.97. The normalized spacial score (nSPS) is 11.8. The SMILES string of the molecule is COCCC(=O)NCC(N)c1ccc(C(C)C)cc1.Cl. The third kappa shape index (κ3) is 6.37. The Balaban J connectivity index is 0.00000361. The molecule has 114 valence electrons. The number of nitrogens with one attached hydrogen (secondary N) is 1. The van der Waals surface area contributed by atoms with Gasteiger partial charge in [-0.1, -0.05) is 38.1 Å². The van der Waals surface area contributed by atoms with Gasteiger partial charge in [0.25, 0.3) is 0 Å². The number of nitrogens with two attached hydrogens (primary N) is 1. The fourth-order valence-corrected chi connectivity index (χ4v) is 1.75. The van der Waals surface area contributed by atoms with Crippen LogP contribution in [-0.2, 0) is 9.53 Å². The number of benzene rings is 1. The summed E-state index contributed by atoms with van der Waals surface area (Å²) >= 11 is 0. The molecular weight excluding hydrogens is 276 g/mol. The number of carbonyl (C=O) groups excluding carboxylic acids is 1. The Morgan fingerprint density at radius 3 is 2.30 bits per heavy atom. The predicted molar refractivity (Wildman–Crippen MR) is 84.2 cm³/mol. The molecule has 0 radical (unpaired) electrons. The van der Waals surface area contributed by atoms with Crippen molar-refractivity contribution in [3.8, 4) is 0 Å². The number of carbonyl (C=O) groups is 1. The summed E-state index contributed by atoms with van der Waals surface area (Å²) in [4.78, 5) is 11.4. The standard InChI is InChI=1S/C15H24N2O2.ClH/c1-11(2)12-4-6-13(7-5-12)14(16)10-17-15(18)8-9-19-3;/h4-7,11,14H,8-10,16H2,1-3H3,(H,17,18);1H. The van der Waals surface area contributed by atoms with Crippen molar-refractivity contribution in [3.63, 3.8) is 0 Å². The zero-order chi connectivity index (χ0) is 14.3. The van der Waals surface area contributed by atoms with Gasteiger partial charge in [0, 0.05) is 26.1 Å². The predicted octanol–water partition coefficient (Wildman–Crippen LogP) is 2.38. The van der Waals surface area contributed by atoms with Gasteiger partial charge in [-0.2, -0.15) is 0 Å². The lowest BCUT2D eigenvalue weighted by molar-refractivity contribution is -0.122. The molecule has 1 aromatic carbocycles. The largest absolute Gasteiger partial charge is 0.384 e. The summed E-state index contributed by atoms with van der Waals surface area (Å²) < 4.78 is 4.85. The first-order valence-corrected chi connectivity index (χ1v) is 6.65. The molecule has 0 aliphatic heterocycles. The highest BCUT2D eigenvalue weighted by Crippen LogP contribution is 2.17. The summed E-state index contributed by atoms with van der Waals surface area (Å²) in [6.07, 6.45) is 0.371. The van der Waals surface area contributed by atoms with Crippen molar-refractivity contribution < 1.29 is 9.53 Å². The zero-order valence-corrected chi connectivity index (χ0v) is 13.2. The molecule has 0 aliphatic rings. The average molecular weight is 301 g/mol. The molecule has 1 unspecified atom stereocenters. The summed E-state index contributed by atoms with van der Waals surface area (Å²) in [6.45, 7) is 5.20. The molecule has 0 spiro atoms. The lowest BCUT2D eigenvalue weighted by Crippen LogP contribution is -2.32. The molecule has 4 nitrogen and oxygen atoms in total. The lowest BCUT2D eigenvalue weighted by Gasteiger charge is -2.14. The van der Waals surface area contributed by atoms with Gasteiger partial charge < -0.3 is 15.8 Å². The molecule has 0 aromatic heterocycles. The van der Waals surface area contributed by atoms with Crippen LogP contribution in [0.5, 0.6) is 0 Å². The van der Waals surface area contributed by atoms with Gasteiger partial charge in [0.2, 0.25) is 5.91 Å². The van der Waals surface area contributed by atoms with Crippen LogP contribution >= 0.6 is 12.4 Å². The van der Waals surface area contributed by atoms with E-state index in [4.69, 9.17) is 10.5 Å². The Bertz CT molecular complexity index is 393. The number of amides is 1. The third-order valence-corrected chi connectivity index (χ3v) is 3.08. The van der Waals surface area contributed by atoms with Crippen LogP contribution in [0.1, 0.15) is 43.4 Å². The van der Waals surface area contributed by atoms with E-state index >= 15 is 0 Å². The molecule has 0 saturated heterocycles. The third-order valence-electron chi connectivity index (χ3n) is 3.08. The molecule has 0 fully saturated rings. The van der Waals surface area contributed by atoms with Gasteiger partial charge in [-0.05, 0) is 17.0 Å². The number of ether oxygens (including phenoxy) is 1. The van der Waals surface area contributed by atoms with Gasteiger partial charge in [-0.3, -0.25) is 4.79 Å². The summed E-state index contributed by atoms with van der Waals surface area (Å²) in [5.41, 5.74) is 8.38. The molecule has 1 rings (SSSR count). The fourth-order valence-electron chi connectivity index (χ4n) is 1.75. The van der Waals surface area contributed by atoms with Crippen molar-refractivity contribution in [2.75, 3.05) is 20.3 Å². The summed E-state index contributed by atoms with van der Waals surface area (Å²) in [5.74, 6) is 0.482. The number of hydrogen-bond acceptors (Lipinski definition) is 3. The van der Waals surface area contributed by atoms with Crippen LogP contribution in [0.2, 0.25) is 0 Å². The minimum absolute atomic E-state index is 0. The highest BCUT2D eigenvalue weighted by Gasteiger charge is 2.08. The molecule has 0 saturated carbocycles. The Hall–Kier alpha value is -1.10. The van der Waals surface area contributed by atoms with Gasteiger partial charge in [-0.15, -0.1) is 12.4 Å². The number of hydrogen-bond donors (Lipinski definition) is 2. The monoisotopic (exact) mass is 300 g/mol. The van der Waals surface area contributed by atoms with Crippen LogP contribution in [0.15, 0.2) is 24.3 Å². The van der Waals surface area contributed by atoms with Crippen molar-refractivity contribution in [1.82, 2.24) is 5.32 Å². The van der Waals surface area contributed by atoms with Gasteiger partial charge in [0.15, 0.2) is 0 Å². The number of methoxy groups -OCH3 is 1. The molecule has 3 N–H and O–H groups in total. The van der Waals surface area contributed by atoms with Crippen molar-refractivity contribution in [3.05, 3.63) is 35.4 Å². The quantitative estimate of drug-likeness (QED) is 0.812. The van der Waals surface area contributed by atoms with Gasteiger partial charge in [-0.25, -0.2) is 0 Å². The van der Waals surface area contributed by atoms with Crippen LogP contribution in [0.25, 0.3) is 0 Å². The van der Waals surface area contributed by atoms with E-state index < -0.39 is 0 Å². The molecule has 0 bridgehead atoms. The highest BCUT2D eigenvalue weighted by molar-refractivity contribution is 5.85. The zero-order valence-electron chi connectivity index (χ0n) is 12.4. The number of halogens is 1. The summed E-state index contributed by atoms with van der Waals surface area (Å²) in [6, 6.07) is 8.06. The molecule has 0 aliphatic carbocycles. The average Bonchev–Trinajstić information content (AvgIpc) is 2.42. The van der Waals surface area contributed by atoms with E-state index in [1.807, 2.05) is 12.1 Å². The Kier molecular flexibility index (Phi) is 9.21.